The third-order valence-corrected chi connectivity index (χ3v) is 7.91. The maximum absolute atomic E-state index is 13.0. The zero-order chi connectivity index (χ0) is 31.1. The molecule has 2 aromatic carbocycles. The standard InChI is InChI=1S/C34H52N2O4.CH4O/c1-5-8-9-10-11-12-13-14-15-16-19-27-39-32-21-18-17-20-31(32)33(37)35-30-24-22-29(23-25-30)34(38)40-28-26-36(4,6-2)7-3;1-2/h17-18,20-25H,5-16,19,26-28H2,1-4H3;2H,1H3/p+1. The molecule has 1 amide bonds. The number of unbranched alkanes of at least 4 members (excludes halogenated alkanes) is 10. The van der Waals surface area contributed by atoms with Gasteiger partial charge in [0.1, 0.15) is 18.9 Å². The Balaban J connectivity index is 0.00000431. The molecule has 7 heteroatoms. The highest BCUT2D eigenvalue weighted by atomic mass is 16.5. The second-order valence-electron chi connectivity index (χ2n) is 11.0. The molecule has 2 rings (SSSR count). The molecule has 2 N–H and O–H groups in total. The van der Waals surface area contributed by atoms with Crippen LogP contribution in [0.1, 0.15) is 112 Å². The normalized spacial score (nSPS) is 10.9. The molecule has 0 spiro atoms. The average molecular weight is 586 g/mol. The van der Waals surface area contributed by atoms with Crippen molar-refractivity contribution < 1.29 is 28.7 Å². The molecular weight excluding hydrogens is 528 g/mol. The predicted octanol–water partition coefficient (Wildman–Crippen LogP) is 7.88. The number of amides is 1. The molecule has 0 atom stereocenters. The fourth-order valence-corrected chi connectivity index (χ4v) is 4.60. The smallest absolute Gasteiger partial charge is 0.338 e. The molecule has 2 aromatic rings. The minimum Gasteiger partial charge on any atom is -0.493 e. The number of quaternary nitrogens is 1. The SMILES string of the molecule is CCCCCCCCCCCCCOc1ccccc1C(=O)Nc1ccc(C(=O)OCC[N+](C)(CC)CC)cc1.CO. The molecule has 0 fully saturated rings. The summed E-state index contributed by atoms with van der Waals surface area (Å²) in [7, 11) is 3.16. The molecule has 0 heterocycles. The van der Waals surface area contributed by atoms with Crippen molar-refractivity contribution >= 4 is 17.6 Å². The molecule has 236 valence electrons. The van der Waals surface area contributed by atoms with Crippen molar-refractivity contribution in [2.45, 2.75) is 91.4 Å². The van der Waals surface area contributed by atoms with Gasteiger partial charge in [0, 0.05) is 12.8 Å². The molecule has 42 heavy (non-hydrogen) atoms. The van der Waals surface area contributed by atoms with Gasteiger partial charge in [-0.3, -0.25) is 4.79 Å². The van der Waals surface area contributed by atoms with E-state index in [4.69, 9.17) is 14.6 Å². The zero-order valence-corrected chi connectivity index (χ0v) is 27.0. The lowest BCUT2D eigenvalue weighted by Crippen LogP contribution is -2.46. The van der Waals surface area contributed by atoms with Gasteiger partial charge in [0.2, 0.25) is 0 Å². The van der Waals surface area contributed by atoms with Gasteiger partial charge in [0.15, 0.2) is 0 Å². The van der Waals surface area contributed by atoms with E-state index in [1.807, 2.05) is 18.2 Å². The van der Waals surface area contributed by atoms with Gasteiger partial charge in [-0.05, 0) is 56.7 Å². The number of hydrogen-bond acceptors (Lipinski definition) is 5. The summed E-state index contributed by atoms with van der Waals surface area (Å²) in [6, 6.07) is 14.1. The fraction of sp³-hybridized carbons (Fsp3) is 0.600. The summed E-state index contributed by atoms with van der Waals surface area (Å²) < 4.78 is 12.3. The average Bonchev–Trinajstić information content (AvgIpc) is 3.03. The summed E-state index contributed by atoms with van der Waals surface area (Å²) in [6.45, 7) is 10.3. The van der Waals surface area contributed by atoms with E-state index in [0.29, 0.717) is 35.8 Å². The highest BCUT2D eigenvalue weighted by molar-refractivity contribution is 6.06. The van der Waals surface area contributed by atoms with Crippen LogP contribution in [0.25, 0.3) is 0 Å². The third-order valence-electron chi connectivity index (χ3n) is 7.91. The Morgan fingerprint density at radius 3 is 1.86 bits per heavy atom. The van der Waals surface area contributed by atoms with Crippen molar-refractivity contribution in [1.29, 1.82) is 0 Å². The van der Waals surface area contributed by atoms with Crippen LogP contribution >= 0.6 is 0 Å². The molecule has 0 saturated heterocycles. The first-order chi connectivity index (χ1) is 20.4. The Kier molecular flexibility index (Phi) is 20.0. The number of aliphatic hydroxyl groups is 1. The molecular formula is C35H57N2O5+. The van der Waals surface area contributed by atoms with Gasteiger partial charge in [-0.1, -0.05) is 83.3 Å². The first-order valence-electron chi connectivity index (χ1n) is 16.0. The molecule has 0 bridgehead atoms. The Hall–Kier alpha value is -2.90. The van der Waals surface area contributed by atoms with E-state index in [1.165, 1.54) is 57.8 Å². The van der Waals surface area contributed by atoms with Crippen LogP contribution in [0.3, 0.4) is 0 Å². The van der Waals surface area contributed by atoms with E-state index in [9.17, 15) is 9.59 Å². The highest BCUT2D eigenvalue weighted by Crippen LogP contribution is 2.21. The minimum atomic E-state index is -0.349. The second kappa shape index (κ2) is 22.7. The predicted molar refractivity (Wildman–Crippen MR) is 173 cm³/mol. The van der Waals surface area contributed by atoms with Crippen LogP contribution < -0.4 is 10.1 Å². The number of para-hydroxylation sites is 1. The van der Waals surface area contributed by atoms with E-state index < -0.39 is 0 Å². The summed E-state index contributed by atoms with van der Waals surface area (Å²) in [6.07, 6.45) is 14.2. The third kappa shape index (κ3) is 14.8. The number of anilines is 1. The van der Waals surface area contributed by atoms with E-state index in [2.05, 4.69) is 33.1 Å². The van der Waals surface area contributed by atoms with Crippen LogP contribution in [0.4, 0.5) is 5.69 Å². The maximum atomic E-state index is 13.0. The number of hydrogen-bond donors (Lipinski definition) is 2. The van der Waals surface area contributed by atoms with Crippen LogP contribution in [0.2, 0.25) is 0 Å². The highest BCUT2D eigenvalue weighted by Gasteiger charge is 2.18. The molecule has 0 unspecified atom stereocenters. The van der Waals surface area contributed by atoms with Crippen LogP contribution in [-0.2, 0) is 4.74 Å². The molecule has 0 radical (unpaired) electrons. The number of carbonyl (C=O) groups is 2. The van der Waals surface area contributed by atoms with Gasteiger partial charge in [-0.15, -0.1) is 0 Å². The van der Waals surface area contributed by atoms with Gasteiger partial charge in [0.05, 0.1) is 37.9 Å². The monoisotopic (exact) mass is 585 g/mol. The van der Waals surface area contributed by atoms with Gasteiger partial charge in [0.25, 0.3) is 5.91 Å². The number of likely N-dealkylation sites (N-methyl/N-ethyl adjacent to an activating group) is 1. The molecule has 0 aliphatic carbocycles. The largest absolute Gasteiger partial charge is 0.493 e. The van der Waals surface area contributed by atoms with E-state index >= 15 is 0 Å². The quantitative estimate of drug-likeness (QED) is 0.0884. The first kappa shape index (κ1) is 37.1. The molecule has 0 saturated carbocycles. The minimum absolute atomic E-state index is 0.235. The second-order valence-corrected chi connectivity index (χ2v) is 11.0. The summed E-state index contributed by atoms with van der Waals surface area (Å²) in [5.41, 5.74) is 1.58. The molecule has 0 aromatic heterocycles. The van der Waals surface area contributed by atoms with Crippen molar-refractivity contribution in [3.8, 4) is 5.75 Å². The van der Waals surface area contributed by atoms with Crippen molar-refractivity contribution in [2.24, 2.45) is 0 Å². The van der Waals surface area contributed by atoms with Crippen LogP contribution in [0.15, 0.2) is 48.5 Å². The number of esters is 1. The number of benzene rings is 2. The lowest BCUT2D eigenvalue weighted by Gasteiger charge is -2.31. The van der Waals surface area contributed by atoms with Gasteiger partial charge in [-0.2, -0.15) is 0 Å². The topological polar surface area (TPSA) is 84.9 Å². The molecule has 0 aliphatic heterocycles. The Morgan fingerprint density at radius 1 is 0.738 bits per heavy atom. The lowest BCUT2D eigenvalue weighted by atomic mass is 10.1. The van der Waals surface area contributed by atoms with Crippen molar-refractivity contribution in [2.75, 3.05) is 52.3 Å². The summed E-state index contributed by atoms with van der Waals surface area (Å²) in [4.78, 5) is 25.4. The van der Waals surface area contributed by atoms with E-state index in [0.717, 1.165) is 44.1 Å². The Morgan fingerprint density at radius 2 is 1.29 bits per heavy atom. The van der Waals surface area contributed by atoms with Gasteiger partial charge in [-0.25, -0.2) is 4.79 Å². The molecule has 7 nitrogen and oxygen atoms in total. The van der Waals surface area contributed by atoms with E-state index in [1.54, 1.807) is 30.3 Å². The van der Waals surface area contributed by atoms with Crippen molar-refractivity contribution in [3.05, 3.63) is 59.7 Å². The van der Waals surface area contributed by atoms with E-state index in [-0.39, 0.29) is 11.9 Å². The van der Waals surface area contributed by atoms with Gasteiger partial charge >= 0.3 is 5.97 Å². The summed E-state index contributed by atoms with van der Waals surface area (Å²) in [5, 5.41) is 9.92. The summed E-state index contributed by atoms with van der Waals surface area (Å²) in [5.74, 6) is 0.00988. The zero-order valence-electron chi connectivity index (χ0n) is 27.0. The van der Waals surface area contributed by atoms with Crippen LogP contribution in [0, 0.1) is 0 Å². The maximum Gasteiger partial charge on any atom is 0.338 e. The number of ether oxygens (including phenoxy) is 2. The number of nitrogens with zero attached hydrogens (tertiary/aromatic N) is 1. The number of nitrogens with one attached hydrogen (secondary N) is 1. The fourth-order valence-electron chi connectivity index (χ4n) is 4.60. The van der Waals surface area contributed by atoms with Crippen LogP contribution in [0.5, 0.6) is 5.75 Å². The first-order valence-corrected chi connectivity index (χ1v) is 16.0. The Labute approximate surface area is 255 Å². The number of aliphatic hydroxyl groups excluding tert-OH is 1. The van der Waals surface area contributed by atoms with Crippen molar-refractivity contribution in [3.63, 3.8) is 0 Å². The van der Waals surface area contributed by atoms with Crippen LogP contribution in [-0.4, -0.2) is 68.5 Å². The number of carbonyl (C=O) groups excluding carboxylic acids is 2. The van der Waals surface area contributed by atoms with Crippen molar-refractivity contribution in [1.82, 2.24) is 0 Å². The lowest BCUT2D eigenvalue weighted by molar-refractivity contribution is -0.906. The summed E-state index contributed by atoms with van der Waals surface area (Å²) >= 11 is 0. The molecule has 0 aliphatic rings. The number of rotatable bonds is 21. The Bertz CT molecular complexity index is 989. The van der Waals surface area contributed by atoms with Gasteiger partial charge < -0.3 is 24.4 Å².